The highest BCUT2D eigenvalue weighted by Crippen LogP contribution is 2.45. The zero-order valence-electron chi connectivity index (χ0n) is 38.0. The Morgan fingerprint density at radius 2 is 1.78 bits per heavy atom. The van der Waals surface area contributed by atoms with Crippen LogP contribution < -0.4 is 24.6 Å². The average Bonchev–Trinajstić information content (AvgIpc) is 3.69. The number of alkyl halides is 3. The fourth-order valence-corrected chi connectivity index (χ4v) is 10.5. The number of carbonyl (C=O) groups excluding carboxylic acids is 1. The fraction of sp³-hybridized carbons (Fsp3) is 0.417. The van der Waals surface area contributed by atoms with Crippen LogP contribution in [-0.2, 0) is 19.5 Å². The molecule has 1 amide bonds. The number of H-pyrrole nitrogens is 1. The lowest BCUT2D eigenvalue weighted by Gasteiger charge is -2.39. The number of rotatable bonds is 12. The highest BCUT2D eigenvalue weighted by molar-refractivity contribution is 7.90. The summed E-state index contributed by atoms with van der Waals surface area (Å²) >= 11 is 6.25. The number of nitrogens with zero attached hydrogens (tertiary/aromatic N) is 5. The molecule has 0 bridgehead atoms. The van der Waals surface area contributed by atoms with Crippen LogP contribution in [-0.4, -0.2) is 118 Å². The third-order valence-electron chi connectivity index (χ3n) is 13.2. The Kier molecular flexibility index (Phi) is 13.6. The van der Waals surface area contributed by atoms with Gasteiger partial charge in [0.15, 0.2) is 6.10 Å². The van der Waals surface area contributed by atoms with Gasteiger partial charge in [-0.25, -0.2) is 13.1 Å². The van der Waals surface area contributed by atoms with E-state index in [1.165, 1.54) is 33.7 Å². The van der Waals surface area contributed by atoms with Crippen molar-refractivity contribution >= 4 is 72.6 Å². The molecule has 5 aromatic rings. The summed E-state index contributed by atoms with van der Waals surface area (Å²) in [4.78, 5) is 38.6. The highest BCUT2D eigenvalue weighted by Gasteiger charge is 2.45. The summed E-state index contributed by atoms with van der Waals surface area (Å²) in [5.41, 5.74) is 4.53. The van der Waals surface area contributed by atoms with Gasteiger partial charge in [0.25, 0.3) is 21.6 Å². The molecule has 2 saturated heterocycles. The number of hydrogen-bond acceptors (Lipinski definition) is 13. The minimum atomic E-state index is -4.77. The van der Waals surface area contributed by atoms with Gasteiger partial charge in [0, 0.05) is 80.6 Å². The molecule has 4 aliphatic rings. The first kappa shape index (κ1) is 48.1. The lowest BCUT2D eigenvalue weighted by atomic mass is 9.72. The van der Waals surface area contributed by atoms with E-state index in [4.69, 9.17) is 25.8 Å². The minimum absolute atomic E-state index is 0.0281. The SMILES string of the molecule is CC1(C)CCC(CN2CCN(c3ccc(C(=O)NS(=O)(=O)c4ccc(NC[C@H]5COCCO5)c([N+](=O)[O-])c4)c(N4CC[C@H](C(F)(F)F)Oc5nc6[nH]ccc6cc54)c3)CC2)=C(c2ccc(Cl)cc2)C1. The summed E-state index contributed by atoms with van der Waals surface area (Å²) in [6.07, 6.45) is -3.36. The minimum Gasteiger partial charge on any atom is -0.463 e. The number of aromatic amines is 1. The number of anilines is 4. The standard InChI is InChI=1S/C48H52ClF3N8O8S/c1-47(2)14-11-32(38(26-47)30-3-5-33(49)6-4-30)28-57-17-19-58(20-18-57)34-7-9-37(40(24-34)59-16-13-43(48(50,51)52)68-46-42(59)23-31-12-15-53-44(31)55-46)45(61)56-69(64,65)36-8-10-39(41(25-36)60(62)63)54-27-35-29-66-21-22-67-35/h3-10,12,15,23-25,35,43,54H,11,13-14,16-22,26-29H2,1-2H3,(H,53,55)(H,56,61)/t35-,43+/m0/s1. The van der Waals surface area contributed by atoms with Crippen molar-refractivity contribution in [3.63, 3.8) is 0 Å². The van der Waals surface area contributed by atoms with Gasteiger partial charge in [-0.3, -0.25) is 19.8 Å². The van der Waals surface area contributed by atoms with Crippen molar-refractivity contribution in [2.45, 2.75) is 62.8 Å². The molecule has 366 valence electrons. The Morgan fingerprint density at radius 3 is 2.51 bits per heavy atom. The fourth-order valence-electron chi connectivity index (χ4n) is 9.40. The van der Waals surface area contributed by atoms with Crippen LogP contribution in [0.15, 0.2) is 89.5 Å². The van der Waals surface area contributed by atoms with Gasteiger partial charge in [0.05, 0.1) is 47.0 Å². The molecule has 3 aliphatic heterocycles. The number of halogens is 4. The van der Waals surface area contributed by atoms with Gasteiger partial charge in [0.1, 0.15) is 17.0 Å². The topological polar surface area (TPSA) is 185 Å². The molecule has 2 atom stereocenters. The summed E-state index contributed by atoms with van der Waals surface area (Å²) in [6.45, 7) is 8.86. The van der Waals surface area contributed by atoms with E-state index in [9.17, 15) is 36.5 Å². The summed E-state index contributed by atoms with van der Waals surface area (Å²) in [5.74, 6) is -1.44. The van der Waals surface area contributed by atoms with E-state index in [2.05, 4.69) is 55.8 Å². The van der Waals surface area contributed by atoms with Crippen LogP contribution in [0.5, 0.6) is 5.88 Å². The molecule has 21 heteroatoms. The maximum Gasteiger partial charge on any atom is 0.425 e. The number of carbonyl (C=O) groups is 1. The number of hydrogen-bond donors (Lipinski definition) is 3. The van der Waals surface area contributed by atoms with Crippen molar-refractivity contribution in [1.29, 1.82) is 0 Å². The Hall–Kier alpha value is -5.93. The Morgan fingerprint density at radius 1 is 1.00 bits per heavy atom. The normalized spacial score (nSPS) is 20.3. The number of nitro groups is 1. The Balaban J connectivity index is 1.02. The van der Waals surface area contributed by atoms with Gasteiger partial charge in [0.2, 0.25) is 5.88 Å². The molecule has 9 rings (SSSR count). The predicted octanol–water partition coefficient (Wildman–Crippen LogP) is 8.71. The first-order valence-electron chi connectivity index (χ1n) is 22.8. The van der Waals surface area contributed by atoms with Crippen molar-refractivity contribution in [3.8, 4) is 5.88 Å². The molecule has 0 unspecified atom stereocenters. The predicted molar refractivity (Wildman–Crippen MR) is 256 cm³/mol. The van der Waals surface area contributed by atoms with Crippen LogP contribution in [0.1, 0.15) is 55.5 Å². The number of allylic oxidation sites excluding steroid dienone is 1. The van der Waals surface area contributed by atoms with E-state index < -0.39 is 50.1 Å². The third-order valence-corrected chi connectivity index (χ3v) is 14.7. The highest BCUT2D eigenvalue weighted by atomic mass is 35.5. The molecular weight excluding hydrogens is 941 g/mol. The van der Waals surface area contributed by atoms with Crippen LogP contribution in [0.25, 0.3) is 16.6 Å². The van der Waals surface area contributed by atoms with E-state index >= 15 is 0 Å². The second kappa shape index (κ2) is 19.5. The summed E-state index contributed by atoms with van der Waals surface area (Å²) in [5, 5.41) is 16.3. The van der Waals surface area contributed by atoms with Crippen molar-refractivity contribution in [1.82, 2.24) is 19.6 Å². The molecule has 2 fully saturated rings. The van der Waals surface area contributed by atoms with Gasteiger partial charge >= 0.3 is 6.18 Å². The number of benzene rings is 3. The molecular formula is C48H52ClF3N8O8S. The second-order valence-electron chi connectivity index (χ2n) is 18.5. The molecule has 0 saturated carbocycles. The van der Waals surface area contributed by atoms with Crippen LogP contribution >= 0.6 is 11.6 Å². The van der Waals surface area contributed by atoms with Crippen molar-refractivity contribution in [3.05, 3.63) is 111 Å². The smallest absolute Gasteiger partial charge is 0.425 e. The third kappa shape index (κ3) is 10.8. The number of amides is 1. The van der Waals surface area contributed by atoms with Crippen molar-refractivity contribution < 1.29 is 45.5 Å². The van der Waals surface area contributed by atoms with Crippen LogP contribution in [0, 0.1) is 15.5 Å². The van der Waals surface area contributed by atoms with E-state index in [-0.39, 0.29) is 65.4 Å². The van der Waals surface area contributed by atoms with Gasteiger partial charge in [-0.15, -0.1) is 0 Å². The maximum absolute atomic E-state index is 14.4. The van der Waals surface area contributed by atoms with E-state index in [1.54, 1.807) is 30.5 Å². The van der Waals surface area contributed by atoms with E-state index in [0.29, 0.717) is 55.5 Å². The maximum atomic E-state index is 14.4. The lowest BCUT2D eigenvalue weighted by Crippen LogP contribution is -2.47. The van der Waals surface area contributed by atoms with Gasteiger partial charge in [-0.2, -0.15) is 18.2 Å². The number of pyridine rings is 1. The number of ether oxygens (including phenoxy) is 3. The molecule has 69 heavy (non-hydrogen) atoms. The number of fused-ring (bicyclic) bond motifs is 2. The second-order valence-corrected chi connectivity index (χ2v) is 20.6. The largest absolute Gasteiger partial charge is 0.463 e. The van der Waals surface area contributed by atoms with E-state index in [1.807, 2.05) is 12.1 Å². The Labute approximate surface area is 401 Å². The number of sulfonamides is 1. The first-order valence-corrected chi connectivity index (χ1v) is 24.6. The summed E-state index contributed by atoms with van der Waals surface area (Å²) in [6, 6.07) is 19.3. The molecule has 0 radical (unpaired) electrons. The van der Waals surface area contributed by atoms with E-state index in [0.717, 1.165) is 37.9 Å². The Bertz CT molecular complexity index is 2880. The molecule has 1 aliphatic carbocycles. The number of aromatic nitrogens is 2. The quantitative estimate of drug-likeness (QED) is 0.0798. The molecule has 3 aromatic carbocycles. The molecule has 2 aromatic heterocycles. The summed E-state index contributed by atoms with van der Waals surface area (Å²) in [7, 11) is -4.77. The van der Waals surface area contributed by atoms with Gasteiger partial charge in [-0.05, 0) is 90.4 Å². The molecule has 0 spiro atoms. The van der Waals surface area contributed by atoms with Crippen LogP contribution in [0.4, 0.5) is 41.6 Å². The number of nitro benzene ring substituents is 1. The zero-order chi connectivity index (χ0) is 48.7. The van der Waals surface area contributed by atoms with Crippen molar-refractivity contribution in [2.75, 3.05) is 80.8 Å². The van der Waals surface area contributed by atoms with Crippen LogP contribution in [0.3, 0.4) is 0 Å². The first-order chi connectivity index (χ1) is 32.9. The van der Waals surface area contributed by atoms with Gasteiger partial charge in [-0.1, -0.05) is 43.2 Å². The van der Waals surface area contributed by atoms with Gasteiger partial charge < -0.3 is 34.3 Å². The zero-order valence-corrected chi connectivity index (χ0v) is 39.6. The average molecular weight is 994 g/mol. The lowest BCUT2D eigenvalue weighted by molar-refractivity contribution is -0.384. The van der Waals surface area contributed by atoms with Crippen LogP contribution in [0.2, 0.25) is 5.02 Å². The molecule has 5 heterocycles. The van der Waals surface area contributed by atoms with Crippen molar-refractivity contribution in [2.24, 2.45) is 5.41 Å². The number of piperazine rings is 1. The number of nitrogens with one attached hydrogen (secondary N) is 3. The molecule has 3 N–H and O–H groups in total. The molecule has 16 nitrogen and oxygen atoms in total. The summed E-state index contributed by atoms with van der Waals surface area (Å²) < 4.78 is 89.8. The monoisotopic (exact) mass is 992 g/mol.